The van der Waals surface area contributed by atoms with Crippen molar-refractivity contribution in [1.29, 1.82) is 0 Å². The van der Waals surface area contributed by atoms with E-state index < -0.39 is 11.5 Å². The highest BCUT2D eigenvalue weighted by atomic mass is 35.5. The summed E-state index contributed by atoms with van der Waals surface area (Å²) in [4.78, 5) is 32.3. The van der Waals surface area contributed by atoms with Crippen LogP contribution in [0.15, 0.2) is 52.3 Å². The molecule has 1 aliphatic carbocycles. The number of halogens is 2. The van der Waals surface area contributed by atoms with Gasteiger partial charge < -0.3 is 9.84 Å². The summed E-state index contributed by atoms with van der Waals surface area (Å²) < 4.78 is 6.58. The monoisotopic (exact) mass is 540 g/mol. The van der Waals surface area contributed by atoms with E-state index in [1.807, 2.05) is 0 Å². The number of carbonyl (C=O) groups excluding carboxylic acids is 1. The summed E-state index contributed by atoms with van der Waals surface area (Å²) in [5, 5.41) is 13.5. The largest absolute Gasteiger partial charge is 0.494 e. The predicted molar refractivity (Wildman–Crippen MR) is 145 cm³/mol. The Morgan fingerprint density at radius 3 is 2.64 bits per heavy atom. The van der Waals surface area contributed by atoms with Crippen LogP contribution < -0.4 is 5.56 Å². The Bertz CT molecular complexity index is 1590. The number of aromatic nitrogens is 1. The lowest BCUT2D eigenvalue weighted by molar-refractivity contribution is 0.0525. The first-order chi connectivity index (χ1) is 17.4. The number of benzene rings is 2. The van der Waals surface area contributed by atoms with Gasteiger partial charge in [-0.15, -0.1) is 11.3 Å². The molecule has 0 spiro atoms. The number of pyridine rings is 1. The lowest BCUT2D eigenvalue weighted by Gasteiger charge is -2.15. The van der Waals surface area contributed by atoms with Crippen LogP contribution in [0.3, 0.4) is 0 Å². The van der Waals surface area contributed by atoms with Crippen molar-refractivity contribution in [2.24, 2.45) is 4.99 Å². The van der Waals surface area contributed by atoms with E-state index >= 15 is 0 Å². The average molecular weight is 541 g/mol. The van der Waals surface area contributed by atoms with Gasteiger partial charge in [0.25, 0.3) is 5.56 Å². The van der Waals surface area contributed by atoms with E-state index in [4.69, 9.17) is 27.9 Å². The first-order valence-electron chi connectivity index (χ1n) is 11.6. The van der Waals surface area contributed by atoms with Crippen LogP contribution in [-0.2, 0) is 17.6 Å². The molecule has 9 heteroatoms. The van der Waals surface area contributed by atoms with E-state index in [1.165, 1.54) is 22.1 Å². The Labute approximate surface area is 221 Å². The molecule has 2 heterocycles. The maximum atomic E-state index is 13.7. The minimum absolute atomic E-state index is 0.211. The highest BCUT2D eigenvalue weighted by Crippen LogP contribution is 2.39. The lowest BCUT2D eigenvalue weighted by atomic mass is 9.95. The van der Waals surface area contributed by atoms with Gasteiger partial charge in [0.2, 0.25) is 5.88 Å². The van der Waals surface area contributed by atoms with Crippen molar-refractivity contribution < 1.29 is 14.6 Å². The molecule has 4 aromatic rings. The van der Waals surface area contributed by atoms with Gasteiger partial charge >= 0.3 is 5.97 Å². The smallest absolute Gasteiger partial charge is 0.341 e. The minimum atomic E-state index is -0.489. The third-order valence-corrected chi connectivity index (χ3v) is 8.20. The molecule has 0 unspecified atom stereocenters. The molecule has 2 aromatic heterocycles. The van der Waals surface area contributed by atoms with Gasteiger partial charge in [0, 0.05) is 21.9 Å². The van der Waals surface area contributed by atoms with Gasteiger partial charge in [0.1, 0.15) is 5.00 Å². The van der Waals surface area contributed by atoms with Crippen molar-refractivity contribution in [1.82, 2.24) is 4.57 Å². The molecule has 0 saturated carbocycles. The van der Waals surface area contributed by atoms with Gasteiger partial charge in [-0.3, -0.25) is 9.79 Å². The van der Waals surface area contributed by atoms with Crippen LogP contribution in [0.1, 0.15) is 46.1 Å². The van der Waals surface area contributed by atoms with E-state index in [-0.39, 0.29) is 12.5 Å². The zero-order valence-corrected chi connectivity index (χ0v) is 21.7. The number of esters is 1. The molecular formula is C27H22Cl2N2O4S. The molecule has 0 fully saturated rings. The summed E-state index contributed by atoms with van der Waals surface area (Å²) >= 11 is 13.5. The summed E-state index contributed by atoms with van der Waals surface area (Å²) in [5.74, 6) is -0.788. The second-order valence-corrected chi connectivity index (χ2v) is 10.3. The zero-order chi connectivity index (χ0) is 25.4. The summed E-state index contributed by atoms with van der Waals surface area (Å²) in [7, 11) is 0. The highest BCUT2D eigenvalue weighted by Gasteiger charge is 2.30. The van der Waals surface area contributed by atoms with Crippen LogP contribution in [0.5, 0.6) is 5.88 Å². The van der Waals surface area contributed by atoms with E-state index in [2.05, 4.69) is 4.99 Å². The Kier molecular flexibility index (Phi) is 6.88. The molecule has 1 aliphatic rings. The second kappa shape index (κ2) is 10.1. The van der Waals surface area contributed by atoms with Gasteiger partial charge in [-0.25, -0.2) is 9.36 Å². The van der Waals surface area contributed by atoms with E-state index in [9.17, 15) is 14.7 Å². The Hall–Kier alpha value is -3.13. The molecule has 0 saturated heterocycles. The zero-order valence-electron chi connectivity index (χ0n) is 19.4. The number of nitrogens with zero attached hydrogens (tertiary/aromatic N) is 2. The predicted octanol–water partition coefficient (Wildman–Crippen LogP) is 6.87. The fourth-order valence-electron chi connectivity index (χ4n) is 4.50. The van der Waals surface area contributed by atoms with Crippen molar-refractivity contribution >= 4 is 63.2 Å². The summed E-state index contributed by atoms with van der Waals surface area (Å²) in [6.45, 7) is 1.96. The van der Waals surface area contributed by atoms with Gasteiger partial charge in [0.05, 0.1) is 33.5 Å². The number of ether oxygens (including phenoxy) is 1. The number of fused-ring (bicyclic) bond motifs is 2. The van der Waals surface area contributed by atoms with Crippen molar-refractivity contribution in [2.45, 2.75) is 32.6 Å². The van der Waals surface area contributed by atoms with Crippen LogP contribution >= 0.6 is 34.5 Å². The van der Waals surface area contributed by atoms with Crippen molar-refractivity contribution in [2.75, 3.05) is 6.61 Å². The maximum Gasteiger partial charge on any atom is 0.341 e. The summed E-state index contributed by atoms with van der Waals surface area (Å²) in [6, 6.07) is 11.9. The van der Waals surface area contributed by atoms with Crippen molar-refractivity contribution in [3.05, 3.63) is 84.4 Å². The second-order valence-electron chi connectivity index (χ2n) is 8.39. The van der Waals surface area contributed by atoms with Crippen molar-refractivity contribution in [3.63, 3.8) is 0 Å². The molecule has 0 aliphatic heterocycles. The average Bonchev–Trinajstić information content (AvgIpc) is 3.25. The van der Waals surface area contributed by atoms with E-state index in [0.29, 0.717) is 42.6 Å². The van der Waals surface area contributed by atoms with Gasteiger partial charge in [0.15, 0.2) is 0 Å². The van der Waals surface area contributed by atoms with Crippen LogP contribution in [0.4, 0.5) is 5.69 Å². The molecular weight excluding hydrogens is 519 g/mol. The molecule has 36 heavy (non-hydrogen) atoms. The quantitative estimate of drug-likeness (QED) is 0.221. The van der Waals surface area contributed by atoms with Gasteiger partial charge in [-0.1, -0.05) is 41.4 Å². The van der Waals surface area contributed by atoms with Crippen LogP contribution in [-0.4, -0.2) is 28.5 Å². The van der Waals surface area contributed by atoms with Crippen molar-refractivity contribution in [3.8, 4) is 10.9 Å². The molecule has 1 N–H and O–H groups in total. The van der Waals surface area contributed by atoms with Crippen LogP contribution in [0.2, 0.25) is 10.0 Å². The number of thiophene rings is 1. The number of aliphatic imine (C=N–C) groups is 1. The highest BCUT2D eigenvalue weighted by molar-refractivity contribution is 7.15. The molecule has 0 bridgehead atoms. The minimum Gasteiger partial charge on any atom is -0.494 e. The molecule has 5 rings (SSSR count). The van der Waals surface area contributed by atoms with E-state index in [1.54, 1.807) is 49.4 Å². The number of carbonyl (C=O) groups is 1. The fourth-order valence-corrected chi connectivity index (χ4v) is 6.17. The number of aromatic hydroxyl groups is 1. The summed E-state index contributed by atoms with van der Waals surface area (Å²) in [6.07, 6.45) is 5.01. The molecule has 184 valence electrons. The Morgan fingerprint density at radius 2 is 1.89 bits per heavy atom. The first kappa shape index (κ1) is 24.6. The lowest BCUT2D eigenvalue weighted by Crippen LogP contribution is -2.22. The first-order valence-corrected chi connectivity index (χ1v) is 13.2. The SMILES string of the molecule is CCOC(=O)c1c(-n2c(O)c(C=Nc3ccc(Cl)c(Cl)c3)c3ccccc3c2=O)sc2c1CCCC2. The Morgan fingerprint density at radius 1 is 1.14 bits per heavy atom. The van der Waals surface area contributed by atoms with Gasteiger partial charge in [-0.05, 0) is 62.4 Å². The molecule has 0 amide bonds. The molecule has 2 aromatic carbocycles. The van der Waals surface area contributed by atoms with Crippen LogP contribution in [0.25, 0.3) is 15.8 Å². The summed E-state index contributed by atoms with van der Waals surface area (Å²) in [5.41, 5.74) is 1.72. The maximum absolute atomic E-state index is 13.7. The van der Waals surface area contributed by atoms with E-state index in [0.717, 1.165) is 36.1 Å². The Balaban J connectivity index is 1.77. The normalized spacial score (nSPS) is 13.3. The number of rotatable bonds is 5. The van der Waals surface area contributed by atoms with Crippen LogP contribution in [0, 0.1) is 0 Å². The number of hydrogen-bond donors (Lipinski definition) is 1. The third kappa shape index (κ3) is 4.32. The number of hydrogen-bond acceptors (Lipinski definition) is 6. The van der Waals surface area contributed by atoms with Gasteiger partial charge in [-0.2, -0.15) is 0 Å². The molecule has 6 nitrogen and oxygen atoms in total. The fraction of sp³-hybridized carbons (Fsp3) is 0.222. The topological polar surface area (TPSA) is 80.9 Å². The molecule has 0 atom stereocenters. The standard InChI is InChI=1S/C27H22Cl2N2O4S/c1-2-35-27(34)23-18-9-5-6-10-22(18)36-26(23)31-24(32)17-8-4-3-7-16(17)19(25(31)33)14-30-15-11-12-20(28)21(29)13-15/h3-4,7-8,11-14,33H,2,5-6,9-10H2,1H3. The molecule has 0 radical (unpaired) electrons. The number of aryl methyl sites for hydroxylation is 1. The third-order valence-electron chi connectivity index (χ3n) is 6.18.